The number of likely N-dealkylation sites (tertiary alicyclic amines) is 1. The first-order valence-electron chi connectivity index (χ1n) is 6.85. The molecule has 2 unspecified atom stereocenters. The van der Waals surface area contributed by atoms with Crippen LogP contribution in [0.15, 0.2) is 6.07 Å². The lowest BCUT2D eigenvalue weighted by atomic mass is 9.99. The quantitative estimate of drug-likeness (QED) is 0.845. The highest BCUT2D eigenvalue weighted by atomic mass is 32.1. The van der Waals surface area contributed by atoms with Crippen LogP contribution in [-0.2, 0) is 12.8 Å². The van der Waals surface area contributed by atoms with Crippen molar-refractivity contribution in [3.8, 4) is 0 Å². The number of nitrogens with two attached hydrogens (primary N) is 1. The molecule has 0 aromatic carbocycles. The van der Waals surface area contributed by atoms with Crippen molar-refractivity contribution in [2.75, 3.05) is 6.54 Å². The topological polar surface area (TPSA) is 46.3 Å². The highest BCUT2D eigenvalue weighted by Crippen LogP contribution is 2.31. The van der Waals surface area contributed by atoms with Gasteiger partial charge in [0.2, 0.25) is 0 Å². The van der Waals surface area contributed by atoms with Gasteiger partial charge in [0.05, 0.1) is 4.88 Å². The molecule has 2 aliphatic rings. The maximum Gasteiger partial charge on any atom is 0.264 e. The Morgan fingerprint density at radius 3 is 2.89 bits per heavy atom. The van der Waals surface area contributed by atoms with E-state index in [1.54, 1.807) is 11.3 Å². The van der Waals surface area contributed by atoms with Gasteiger partial charge in [0, 0.05) is 23.5 Å². The van der Waals surface area contributed by atoms with E-state index < -0.39 is 0 Å². The SMILES string of the molecule is CC1C(N)CCN1C(=O)c1cc2c(s1)CCCC2. The maximum atomic E-state index is 12.5. The summed E-state index contributed by atoms with van der Waals surface area (Å²) >= 11 is 1.70. The van der Waals surface area contributed by atoms with Crippen molar-refractivity contribution < 1.29 is 4.79 Å². The second-order valence-corrected chi connectivity index (χ2v) is 6.59. The summed E-state index contributed by atoms with van der Waals surface area (Å²) in [6.07, 6.45) is 5.77. The van der Waals surface area contributed by atoms with Crippen LogP contribution in [0.25, 0.3) is 0 Å². The van der Waals surface area contributed by atoms with Crippen molar-refractivity contribution in [2.24, 2.45) is 5.73 Å². The van der Waals surface area contributed by atoms with Crippen LogP contribution in [0.4, 0.5) is 0 Å². The zero-order chi connectivity index (χ0) is 12.7. The predicted octanol–water partition coefficient (Wildman–Crippen LogP) is 2.19. The minimum atomic E-state index is 0.142. The molecule has 0 spiro atoms. The number of carbonyl (C=O) groups excluding carboxylic acids is 1. The Morgan fingerprint density at radius 2 is 2.22 bits per heavy atom. The van der Waals surface area contributed by atoms with Gasteiger partial charge in [-0.2, -0.15) is 0 Å². The molecular weight excluding hydrogens is 244 g/mol. The standard InChI is InChI=1S/C14H20N2OS/c1-9-11(15)6-7-16(9)14(17)13-8-10-4-2-3-5-12(10)18-13/h8-9,11H,2-7,15H2,1H3. The monoisotopic (exact) mass is 264 g/mol. The van der Waals surface area contributed by atoms with Crippen molar-refractivity contribution in [3.63, 3.8) is 0 Å². The Kier molecular flexibility index (Phi) is 3.16. The fourth-order valence-electron chi connectivity index (χ4n) is 2.99. The lowest BCUT2D eigenvalue weighted by Crippen LogP contribution is -2.40. The Bertz CT molecular complexity index is 445. The van der Waals surface area contributed by atoms with Gasteiger partial charge in [-0.3, -0.25) is 4.79 Å². The number of aryl methyl sites for hydroxylation is 2. The van der Waals surface area contributed by atoms with Crippen LogP contribution in [0.3, 0.4) is 0 Å². The van der Waals surface area contributed by atoms with Crippen LogP contribution in [0.1, 0.15) is 46.3 Å². The fraction of sp³-hybridized carbons (Fsp3) is 0.643. The molecule has 1 saturated heterocycles. The van der Waals surface area contributed by atoms with E-state index in [1.165, 1.54) is 23.3 Å². The smallest absolute Gasteiger partial charge is 0.264 e. The van der Waals surface area contributed by atoms with Crippen LogP contribution >= 0.6 is 11.3 Å². The number of carbonyl (C=O) groups is 1. The fourth-order valence-corrected chi connectivity index (χ4v) is 4.20. The highest BCUT2D eigenvalue weighted by Gasteiger charge is 2.33. The Morgan fingerprint density at radius 1 is 1.44 bits per heavy atom. The molecular formula is C14H20N2OS. The molecule has 1 aromatic rings. The van der Waals surface area contributed by atoms with Crippen molar-refractivity contribution in [2.45, 2.75) is 51.1 Å². The molecule has 0 radical (unpaired) electrons. The van der Waals surface area contributed by atoms with Gasteiger partial charge < -0.3 is 10.6 Å². The van der Waals surface area contributed by atoms with Crippen LogP contribution in [0, 0.1) is 0 Å². The molecule has 18 heavy (non-hydrogen) atoms. The van der Waals surface area contributed by atoms with E-state index in [2.05, 4.69) is 13.0 Å². The summed E-state index contributed by atoms with van der Waals surface area (Å²) in [7, 11) is 0. The number of hydrogen-bond acceptors (Lipinski definition) is 3. The first-order chi connectivity index (χ1) is 8.66. The third-order valence-corrected chi connectivity index (χ3v) is 5.51. The summed E-state index contributed by atoms with van der Waals surface area (Å²) in [6.45, 7) is 2.87. The third-order valence-electron chi connectivity index (χ3n) is 4.28. The van der Waals surface area contributed by atoms with Crippen LogP contribution in [-0.4, -0.2) is 29.4 Å². The van der Waals surface area contributed by atoms with Crippen LogP contribution in [0.2, 0.25) is 0 Å². The molecule has 3 rings (SSSR count). The van der Waals surface area contributed by atoms with E-state index in [9.17, 15) is 4.79 Å². The minimum Gasteiger partial charge on any atom is -0.334 e. The molecule has 3 nitrogen and oxygen atoms in total. The van der Waals surface area contributed by atoms with Gasteiger partial charge in [-0.05, 0) is 50.7 Å². The molecule has 1 aliphatic heterocycles. The maximum absolute atomic E-state index is 12.5. The Labute approximate surface area is 112 Å². The van der Waals surface area contributed by atoms with Crippen LogP contribution in [0.5, 0.6) is 0 Å². The number of amides is 1. The van der Waals surface area contributed by atoms with Gasteiger partial charge in [0.15, 0.2) is 0 Å². The minimum absolute atomic E-state index is 0.142. The van der Waals surface area contributed by atoms with E-state index in [1.807, 2.05) is 4.90 Å². The van der Waals surface area contributed by atoms with Gasteiger partial charge in [-0.15, -0.1) is 11.3 Å². The predicted molar refractivity (Wildman–Crippen MR) is 74.1 cm³/mol. The van der Waals surface area contributed by atoms with Gasteiger partial charge in [0.1, 0.15) is 0 Å². The molecule has 1 aromatic heterocycles. The summed E-state index contributed by atoms with van der Waals surface area (Å²) < 4.78 is 0. The first kappa shape index (κ1) is 12.2. The normalized spacial score (nSPS) is 27.3. The average molecular weight is 264 g/mol. The van der Waals surface area contributed by atoms with Gasteiger partial charge in [-0.25, -0.2) is 0 Å². The van der Waals surface area contributed by atoms with Gasteiger partial charge in [-0.1, -0.05) is 0 Å². The zero-order valence-electron chi connectivity index (χ0n) is 10.8. The third kappa shape index (κ3) is 1.97. The molecule has 1 amide bonds. The lowest BCUT2D eigenvalue weighted by molar-refractivity contribution is 0.0747. The summed E-state index contributed by atoms with van der Waals surface area (Å²) in [5, 5.41) is 0. The van der Waals surface area contributed by atoms with Gasteiger partial charge >= 0.3 is 0 Å². The van der Waals surface area contributed by atoms with E-state index >= 15 is 0 Å². The Balaban J connectivity index is 1.82. The van der Waals surface area contributed by atoms with E-state index in [-0.39, 0.29) is 18.0 Å². The number of hydrogen-bond donors (Lipinski definition) is 1. The number of rotatable bonds is 1. The number of fused-ring (bicyclic) bond motifs is 1. The lowest BCUT2D eigenvalue weighted by Gasteiger charge is -2.22. The first-order valence-corrected chi connectivity index (χ1v) is 7.66. The molecule has 2 atom stereocenters. The van der Waals surface area contributed by atoms with E-state index in [0.717, 1.165) is 30.7 Å². The molecule has 2 N–H and O–H groups in total. The molecule has 1 fully saturated rings. The summed E-state index contributed by atoms with van der Waals surface area (Å²) in [6, 6.07) is 2.44. The molecule has 1 aliphatic carbocycles. The molecule has 4 heteroatoms. The van der Waals surface area contributed by atoms with Gasteiger partial charge in [0.25, 0.3) is 5.91 Å². The van der Waals surface area contributed by atoms with E-state index in [4.69, 9.17) is 5.73 Å². The van der Waals surface area contributed by atoms with Crippen LogP contribution < -0.4 is 5.73 Å². The zero-order valence-corrected chi connectivity index (χ0v) is 11.6. The van der Waals surface area contributed by atoms with Crippen molar-refractivity contribution >= 4 is 17.2 Å². The summed E-state index contributed by atoms with van der Waals surface area (Å²) in [5.41, 5.74) is 7.40. The van der Waals surface area contributed by atoms with Crippen molar-refractivity contribution in [3.05, 3.63) is 21.4 Å². The summed E-state index contributed by atoms with van der Waals surface area (Å²) in [4.78, 5) is 16.8. The largest absolute Gasteiger partial charge is 0.334 e. The second kappa shape index (κ2) is 4.67. The summed E-state index contributed by atoms with van der Waals surface area (Å²) in [5.74, 6) is 0.190. The molecule has 98 valence electrons. The molecule has 0 saturated carbocycles. The molecule has 0 bridgehead atoms. The molecule has 2 heterocycles. The second-order valence-electron chi connectivity index (χ2n) is 5.46. The van der Waals surface area contributed by atoms with Crippen molar-refractivity contribution in [1.29, 1.82) is 0 Å². The number of thiophene rings is 1. The highest BCUT2D eigenvalue weighted by molar-refractivity contribution is 7.14. The number of nitrogens with zero attached hydrogens (tertiary/aromatic N) is 1. The van der Waals surface area contributed by atoms with Crippen molar-refractivity contribution in [1.82, 2.24) is 4.90 Å². The Hall–Kier alpha value is -0.870. The van der Waals surface area contributed by atoms with E-state index in [0.29, 0.717) is 0 Å². The average Bonchev–Trinajstić information content (AvgIpc) is 2.94.